The summed E-state index contributed by atoms with van der Waals surface area (Å²) in [5.74, 6) is 0.209. The number of aliphatic hydroxyl groups excluding tert-OH is 1. The van der Waals surface area contributed by atoms with Gasteiger partial charge in [-0.1, -0.05) is 0 Å². The van der Waals surface area contributed by atoms with Gasteiger partial charge in [-0.05, 0) is 18.9 Å². The predicted molar refractivity (Wildman–Crippen MR) is 98.9 cm³/mol. The number of aliphatic hydroxyl groups is 1. The standard InChI is InChI=1S/C16H21F2N5O4S/c1-28(26,27)22-4-2-11(3-5-22)20-16-19-9-10-8-12(13(17)18)15(25)23(6-7-24)14(10)21-16/h8-9,11,13,24H,2-7H2,1H3,(H,19,20,21). The number of anilines is 1. The van der Waals surface area contributed by atoms with E-state index < -0.39 is 34.2 Å². The summed E-state index contributed by atoms with van der Waals surface area (Å²) >= 11 is 0. The van der Waals surface area contributed by atoms with Crippen molar-refractivity contribution in [2.24, 2.45) is 0 Å². The van der Waals surface area contributed by atoms with E-state index in [1.807, 2.05) is 0 Å². The zero-order valence-corrected chi connectivity index (χ0v) is 16.0. The van der Waals surface area contributed by atoms with Crippen LogP contribution < -0.4 is 10.9 Å². The number of pyridine rings is 1. The maximum Gasteiger partial charge on any atom is 0.269 e. The zero-order chi connectivity index (χ0) is 20.5. The molecule has 2 N–H and O–H groups in total. The Balaban J connectivity index is 1.87. The number of hydrogen-bond donors (Lipinski definition) is 2. The maximum absolute atomic E-state index is 13.1. The highest BCUT2D eigenvalue weighted by Crippen LogP contribution is 2.21. The van der Waals surface area contributed by atoms with Crippen molar-refractivity contribution in [3.05, 3.63) is 28.2 Å². The van der Waals surface area contributed by atoms with Crippen molar-refractivity contribution < 1.29 is 22.3 Å². The van der Waals surface area contributed by atoms with E-state index in [0.717, 1.165) is 10.6 Å². The molecule has 0 saturated carbocycles. The lowest BCUT2D eigenvalue weighted by Gasteiger charge is -2.30. The van der Waals surface area contributed by atoms with E-state index in [9.17, 15) is 27.1 Å². The van der Waals surface area contributed by atoms with Crippen LogP contribution in [-0.2, 0) is 16.6 Å². The quantitative estimate of drug-likeness (QED) is 0.705. The third kappa shape index (κ3) is 4.28. The third-order valence-electron chi connectivity index (χ3n) is 4.67. The summed E-state index contributed by atoms with van der Waals surface area (Å²) in [6, 6.07) is 0.999. The molecule has 9 nitrogen and oxygen atoms in total. The summed E-state index contributed by atoms with van der Waals surface area (Å²) in [7, 11) is -3.23. The van der Waals surface area contributed by atoms with Crippen molar-refractivity contribution in [1.29, 1.82) is 0 Å². The first-order valence-corrected chi connectivity index (χ1v) is 10.6. The second-order valence-corrected chi connectivity index (χ2v) is 8.62. The van der Waals surface area contributed by atoms with Crippen molar-refractivity contribution >= 4 is 27.0 Å². The number of piperidine rings is 1. The van der Waals surface area contributed by atoms with Gasteiger partial charge in [0.05, 0.1) is 25.0 Å². The van der Waals surface area contributed by atoms with Crippen LogP contribution in [0.1, 0.15) is 24.8 Å². The lowest BCUT2D eigenvalue weighted by molar-refractivity contribution is 0.149. The maximum atomic E-state index is 13.1. The number of alkyl halides is 2. The molecule has 1 fully saturated rings. The number of sulfonamides is 1. The number of halogens is 2. The largest absolute Gasteiger partial charge is 0.395 e. The van der Waals surface area contributed by atoms with Crippen LogP contribution in [0.4, 0.5) is 14.7 Å². The molecule has 0 amide bonds. The van der Waals surface area contributed by atoms with Crippen molar-refractivity contribution in [3.63, 3.8) is 0 Å². The molecule has 1 aliphatic heterocycles. The summed E-state index contributed by atoms with van der Waals surface area (Å²) in [6.45, 7) is 0.172. The summed E-state index contributed by atoms with van der Waals surface area (Å²) in [6.07, 6.45) is 0.681. The first-order chi connectivity index (χ1) is 13.2. The topological polar surface area (TPSA) is 117 Å². The van der Waals surface area contributed by atoms with E-state index in [1.54, 1.807) is 0 Å². The van der Waals surface area contributed by atoms with E-state index in [-0.39, 0.29) is 29.6 Å². The molecule has 1 aliphatic rings. The van der Waals surface area contributed by atoms with Gasteiger partial charge in [-0.25, -0.2) is 26.5 Å². The van der Waals surface area contributed by atoms with Crippen LogP contribution in [0.2, 0.25) is 0 Å². The van der Waals surface area contributed by atoms with Gasteiger partial charge < -0.3 is 10.4 Å². The van der Waals surface area contributed by atoms with Gasteiger partial charge >= 0.3 is 0 Å². The summed E-state index contributed by atoms with van der Waals surface area (Å²) in [5.41, 5.74) is -1.42. The fourth-order valence-corrected chi connectivity index (χ4v) is 4.10. The summed E-state index contributed by atoms with van der Waals surface area (Å²) < 4.78 is 51.8. The Morgan fingerprint density at radius 3 is 2.61 bits per heavy atom. The predicted octanol–water partition coefficient (Wildman–Crippen LogP) is 0.557. The van der Waals surface area contributed by atoms with E-state index in [1.165, 1.54) is 16.8 Å². The van der Waals surface area contributed by atoms with Crippen LogP contribution in [0.3, 0.4) is 0 Å². The first-order valence-electron chi connectivity index (χ1n) is 8.72. The molecule has 154 valence electrons. The van der Waals surface area contributed by atoms with Crippen molar-refractivity contribution in [3.8, 4) is 0 Å². The van der Waals surface area contributed by atoms with Crippen molar-refractivity contribution in [2.45, 2.75) is 31.9 Å². The molecule has 0 spiro atoms. The molecule has 3 rings (SSSR count). The Kier molecular flexibility index (Phi) is 5.91. The second-order valence-electron chi connectivity index (χ2n) is 6.63. The number of nitrogens with one attached hydrogen (secondary N) is 1. The van der Waals surface area contributed by atoms with Crippen molar-refractivity contribution in [2.75, 3.05) is 31.3 Å². The van der Waals surface area contributed by atoms with Crippen LogP contribution in [0.5, 0.6) is 0 Å². The van der Waals surface area contributed by atoms with Crippen molar-refractivity contribution in [1.82, 2.24) is 18.8 Å². The molecule has 0 atom stereocenters. The molecule has 0 radical (unpaired) electrons. The molecular weight excluding hydrogens is 396 g/mol. The minimum absolute atomic E-state index is 0.0613. The fourth-order valence-electron chi connectivity index (χ4n) is 3.23. The average Bonchev–Trinajstić information content (AvgIpc) is 2.63. The smallest absolute Gasteiger partial charge is 0.269 e. The lowest BCUT2D eigenvalue weighted by atomic mass is 10.1. The second kappa shape index (κ2) is 8.05. The summed E-state index contributed by atoms with van der Waals surface area (Å²) in [5, 5.41) is 12.6. The Bertz CT molecular complexity index is 1020. The van der Waals surface area contributed by atoms with E-state index >= 15 is 0 Å². The highest BCUT2D eigenvalue weighted by molar-refractivity contribution is 7.88. The highest BCUT2D eigenvalue weighted by Gasteiger charge is 2.25. The lowest BCUT2D eigenvalue weighted by Crippen LogP contribution is -2.42. The van der Waals surface area contributed by atoms with Gasteiger partial charge in [0.1, 0.15) is 5.65 Å². The molecule has 12 heteroatoms. The average molecular weight is 417 g/mol. The first kappa shape index (κ1) is 20.6. The van der Waals surface area contributed by atoms with Crippen LogP contribution in [0.15, 0.2) is 17.1 Å². The van der Waals surface area contributed by atoms with Crippen LogP contribution in [0.25, 0.3) is 11.0 Å². The molecule has 0 aliphatic carbocycles. The molecule has 2 aromatic rings. The highest BCUT2D eigenvalue weighted by atomic mass is 32.2. The third-order valence-corrected chi connectivity index (χ3v) is 5.97. The fraction of sp³-hybridized carbons (Fsp3) is 0.562. The molecular formula is C16H21F2N5O4S. The zero-order valence-electron chi connectivity index (χ0n) is 15.2. The molecule has 1 saturated heterocycles. The monoisotopic (exact) mass is 417 g/mol. The number of rotatable bonds is 6. The molecule has 2 aromatic heterocycles. The Labute approximate surface area is 160 Å². The van der Waals surface area contributed by atoms with Crippen LogP contribution in [-0.4, -0.2) is 64.4 Å². The molecule has 3 heterocycles. The molecule has 28 heavy (non-hydrogen) atoms. The number of nitrogens with zero attached hydrogens (tertiary/aromatic N) is 4. The van der Waals surface area contributed by atoms with E-state index in [0.29, 0.717) is 25.9 Å². The minimum atomic E-state index is -3.23. The van der Waals surface area contributed by atoms with Crippen LogP contribution >= 0.6 is 0 Å². The van der Waals surface area contributed by atoms with Crippen LogP contribution in [0, 0.1) is 0 Å². The van der Waals surface area contributed by atoms with E-state index in [4.69, 9.17) is 0 Å². The molecule has 0 bridgehead atoms. The van der Waals surface area contributed by atoms with E-state index in [2.05, 4.69) is 15.3 Å². The number of aromatic nitrogens is 3. The Morgan fingerprint density at radius 1 is 1.36 bits per heavy atom. The number of fused-ring (bicyclic) bond motifs is 1. The normalized spacial score (nSPS) is 16.8. The summed E-state index contributed by atoms with van der Waals surface area (Å²) in [4.78, 5) is 20.7. The SMILES string of the molecule is CS(=O)(=O)N1CCC(Nc2ncc3cc(C(F)F)c(=O)n(CCO)c3n2)CC1. The van der Waals surface area contributed by atoms with Gasteiger partial charge in [0.15, 0.2) is 0 Å². The number of hydrogen-bond acceptors (Lipinski definition) is 7. The van der Waals surface area contributed by atoms with Gasteiger partial charge in [-0.3, -0.25) is 9.36 Å². The van der Waals surface area contributed by atoms with Gasteiger partial charge in [0.2, 0.25) is 16.0 Å². The molecule has 0 aromatic carbocycles. The Morgan fingerprint density at radius 2 is 2.04 bits per heavy atom. The van der Waals surface area contributed by atoms with Gasteiger partial charge in [-0.15, -0.1) is 0 Å². The Hall–Kier alpha value is -2.18. The molecule has 0 unspecified atom stereocenters. The van der Waals surface area contributed by atoms with Gasteiger partial charge in [0, 0.05) is 30.7 Å². The minimum Gasteiger partial charge on any atom is -0.395 e. The van der Waals surface area contributed by atoms with Gasteiger partial charge in [-0.2, -0.15) is 4.98 Å². The van der Waals surface area contributed by atoms with Gasteiger partial charge in [0.25, 0.3) is 12.0 Å².